The summed E-state index contributed by atoms with van der Waals surface area (Å²) in [6.07, 6.45) is 0. The van der Waals surface area contributed by atoms with Crippen molar-refractivity contribution in [2.45, 2.75) is 43.8 Å². The van der Waals surface area contributed by atoms with Crippen molar-refractivity contribution in [3.8, 4) is 5.75 Å². The summed E-state index contributed by atoms with van der Waals surface area (Å²) in [5, 5.41) is 6.74. The summed E-state index contributed by atoms with van der Waals surface area (Å²) >= 11 is 24.2. The maximum absolute atomic E-state index is 13.2. The zero-order valence-electron chi connectivity index (χ0n) is 19.5. The van der Waals surface area contributed by atoms with Crippen LogP contribution in [-0.4, -0.2) is 40.2 Å². The number of hydrogen-bond donors (Lipinski definition) is 2. The van der Waals surface area contributed by atoms with E-state index >= 15 is 0 Å². The lowest BCUT2D eigenvalue weighted by molar-refractivity contribution is 0.474. The lowest BCUT2D eigenvalue weighted by atomic mass is 10.2. The molecule has 2 aromatic carbocycles. The lowest BCUT2D eigenvalue weighted by Gasteiger charge is -2.37. The number of nitrogens with zero attached hydrogens (tertiary/aromatic N) is 1. The second-order valence-electron chi connectivity index (χ2n) is 9.08. The number of rotatable bonds is 6. The summed E-state index contributed by atoms with van der Waals surface area (Å²) in [5.74, 6) is 0.129. The maximum atomic E-state index is 13.2. The Morgan fingerprint density at radius 1 is 1.00 bits per heavy atom. The van der Waals surface area contributed by atoms with E-state index in [0.29, 0.717) is 21.4 Å². The van der Waals surface area contributed by atoms with E-state index in [-0.39, 0.29) is 25.8 Å². The Morgan fingerprint density at radius 2 is 1.58 bits per heavy atom. The molecule has 0 fully saturated rings. The van der Waals surface area contributed by atoms with E-state index in [0.717, 1.165) is 4.31 Å². The van der Waals surface area contributed by atoms with Gasteiger partial charge in [-0.2, -0.15) is 0 Å². The third kappa shape index (κ3) is 6.33. The highest BCUT2D eigenvalue weighted by atomic mass is 35.5. The van der Waals surface area contributed by atoms with Gasteiger partial charge in [-0.3, -0.25) is 0 Å². The first kappa shape index (κ1) is 28.2. The average molecular weight is 569 g/mol. The van der Waals surface area contributed by atoms with Crippen molar-refractivity contribution >= 4 is 81.8 Å². The van der Waals surface area contributed by atoms with Gasteiger partial charge in [0.05, 0.1) is 26.4 Å². The Hall–Kier alpha value is -1.07. The van der Waals surface area contributed by atoms with Gasteiger partial charge in [0.2, 0.25) is 10.0 Å². The van der Waals surface area contributed by atoms with Gasteiger partial charge in [0.15, 0.2) is 5.11 Å². The smallest absolute Gasteiger partial charge is 0.250 e. The second kappa shape index (κ2) is 10.3. The second-order valence-corrected chi connectivity index (χ2v) is 17.5. The molecule has 33 heavy (non-hydrogen) atoms. The lowest BCUT2D eigenvalue weighted by Crippen LogP contribution is -2.44. The van der Waals surface area contributed by atoms with E-state index in [2.05, 4.69) is 31.4 Å². The molecule has 0 aliphatic carbocycles. The topological polar surface area (TPSA) is 70.7 Å². The number of halogens is 3. The van der Waals surface area contributed by atoms with Gasteiger partial charge < -0.3 is 15.1 Å². The van der Waals surface area contributed by atoms with Crippen molar-refractivity contribution in [1.82, 2.24) is 4.31 Å². The molecule has 0 saturated carbocycles. The fourth-order valence-electron chi connectivity index (χ4n) is 2.45. The number of hydrogen-bond acceptors (Lipinski definition) is 4. The quantitative estimate of drug-likeness (QED) is 0.286. The Bertz CT molecular complexity index is 1170. The van der Waals surface area contributed by atoms with Gasteiger partial charge in [-0.05, 0) is 54.6 Å². The van der Waals surface area contributed by atoms with Gasteiger partial charge >= 0.3 is 0 Å². The SMILES string of the molecule is CN(C)S(=O)(=O)c1c(Cl)ccc(NC(=S)Nc2cccc(Cl)c2Cl)c1O[Si](C)(C)C(C)(C)C. The molecule has 6 nitrogen and oxygen atoms in total. The summed E-state index contributed by atoms with van der Waals surface area (Å²) in [4.78, 5) is -0.118. The van der Waals surface area contributed by atoms with Crippen LogP contribution in [-0.2, 0) is 10.0 Å². The van der Waals surface area contributed by atoms with Crippen molar-refractivity contribution in [2.75, 3.05) is 24.7 Å². The number of benzene rings is 2. The van der Waals surface area contributed by atoms with Crippen LogP contribution in [0, 0.1) is 0 Å². The van der Waals surface area contributed by atoms with Crippen LogP contribution in [0.5, 0.6) is 5.75 Å². The first-order valence-corrected chi connectivity index (χ1v) is 15.8. The fourth-order valence-corrected chi connectivity index (χ4v) is 5.62. The van der Waals surface area contributed by atoms with Crippen LogP contribution in [0.25, 0.3) is 0 Å². The van der Waals surface area contributed by atoms with Crippen LogP contribution < -0.4 is 15.1 Å². The molecule has 0 aromatic heterocycles. The first-order valence-electron chi connectivity index (χ1n) is 9.95. The highest BCUT2D eigenvalue weighted by Gasteiger charge is 2.41. The van der Waals surface area contributed by atoms with Gasteiger partial charge in [-0.1, -0.05) is 61.6 Å². The Kier molecular flexibility index (Phi) is 8.77. The molecule has 0 unspecified atom stereocenters. The summed E-state index contributed by atoms with van der Waals surface area (Å²) in [7, 11) is -3.52. The van der Waals surface area contributed by atoms with Crippen LogP contribution in [0.1, 0.15) is 20.8 Å². The predicted molar refractivity (Wildman–Crippen MR) is 146 cm³/mol. The summed E-state index contributed by atoms with van der Waals surface area (Å²) in [6, 6.07) is 8.24. The summed E-state index contributed by atoms with van der Waals surface area (Å²) < 4.78 is 34.0. The maximum Gasteiger partial charge on any atom is 0.250 e. The molecule has 0 bridgehead atoms. The van der Waals surface area contributed by atoms with Crippen LogP contribution in [0.4, 0.5) is 11.4 Å². The van der Waals surface area contributed by atoms with Gasteiger partial charge in [-0.25, -0.2) is 12.7 Å². The predicted octanol–water partition coefficient (Wildman–Crippen LogP) is 7.09. The Balaban J connectivity index is 2.60. The molecule has 12 heteroatoms. The largest absolute Gasteiger partial charge is 0.541 e. The monoisotopic (exact) mass is 567 g/mol. The molecular weight excluding hydrogens is 541 g/mol. The van der Waals surface area contributed by atoms with Crippen LogP contribution in [0.15, 0.2) is 35.2 Å². The standard InChI is InChI=1S/C21H28Cl3N3O3S2Si/c1-21(2,3)33(6,7)30-18-16(12-11-14(23)19(18)32(28,29)27(4)5)26-20(31)25-15-10-8-9-13(22)17(15)24/h8-12H,1-7H3,(H2,25,26,31). The van der Waals surface area contributed by atoms with E-state index in [9.17, 15) is 8.42 Å². The Morgan fingerprint density at radius 3 is 2.12 bits per heavy atom. The van der Waals surface area contributed by atoms with E-state index in [1.807, 2.05) is 13.1 Å². The number of nitrogens with one attached hydrogen (secondary N) is 2. The minimum Gasteiger partial charge on any atom is -0.541 e. The summed E-state index contributed by atoms with van der Waals surface area (Å²) in [6.45, 7) is 10.2. The van der Waals surface area contributed by atoms with E-state index in [1.165, 1.54) is 20.2 Å². The van der Waals surface area contributed by atoms with Crippen molar-refractivity contribution < 1.29 is 12.8 Å². The van der Waals surface area contributed by atoms with Gasteiger partial charge in [0.25, 0.3) is 8.32 Å². The average Bonchev–Trinajstić information content (AvgIpc) is 2.66. The van der Waals surface area contributed by atoms with E-state index < -0.39 is 18.3 Å². The highest BCUT2D eigenvalue weighted by molar-refractivity contribution is 7.89. The molecule has 182 valence electrons. The fraction of sp³-hybridized carbons (Fsp3) is 0.381. The third-order valence-electron chi connectivity index (χ3n) is 5.41. The van der Waals surface area contributed by atoms with Gasteiger partial charge in [0.1, 0.15) is 10.6 Å². The van der Waals surface area contributed by atoms with E-state index in [1.54, 1.807) is 24.3 Å². The van der Waals surface area contributed by atoms with Crippen LogP contribution in [0.2, 0.25) is 33.2 Å². The number of anilines is 2. The minimum atomic E-state index is -3.93. The van der Waals surface area contributed by atoms with Crippen molar-refractivity contribution in [3.05, 3.63) is 45.4 Å². The third-order valence-corrected chi connectivity index (χ3v) is 13.1. The minimum absolute atomic E-state index is 0.0553. The van der Waals surface area contributed by atoms with Crippen molar-refractivity contribution in [2.24, 2.45) is 0 Å². The summed E-state index contributed by atoms with van der Waals surface area (Å²) in [5.41, 5.74) is 0.865. The molecule has 0 aliphatic heterocycles. The number of sulfonamides is 1. The van der Waals surface area contributed by atoms with Gasteiger partial charge in [0, 0.05) is 14.1 Å². The highest BCUT2D eigenvalue weighted by Crippen LogP contribution is 2.45. The van der Waals surface area contributed by atoms with Gasteiger partial charge in [-0.15, -0.1) is 0 Å². The molecule has 0 saturated heterocycles. The molecule has 0 heterocycles. The molecule has 0 spiro atoms. The zero-order chi connectivity index (χ0) is 25.4. The number of thiocarbonyl (C=S) groups is 1. The normalized spacial score (nSPS) is 12.6. The molecule has 2 N–H and O–H groups in total. The van der Waals surface area contributed by atoms with Crippen molar-refractivity contribution in [1.29, 1.82) is 0 Å². The zero-order valence-corrected chi connectivity index (χ0v) is 24.4. The van der Waals surface area contributed by atoms with E-state index in [4.69, 9.17) is 51.4 Å². The molecule has 2 aromatic rings. The van der Waals surface area contributed by atoms with Crippen molar-refractivity contribution in [3.63, 3.8) is 0 Å². The van der Waals surface area contributed by atoms with Crippen LogP contribution in [0.3, 0.4) is 0 Å². The molecule has 0 atom stereocenters. The molecule has 0 aliphatic rings. The first-order chi connectivity index (χ1) is 15.0. The molecule has 0 amide bonds. The molecular formula is C21H28Cl3N3O3S2Si. The molecule has 2 rings (SSSR count). The molecule has 0 radical (unpaired) electrons. The van der Waals surface area contributed by atoms with Crippen LogP contribution >= 0.6 is 47.0 Å². The Labute approximate surface area is 217 Å².